The average Bonchev–Trinajstić information content (AvgIpc) is 3.74. The highest BCUT2D eigenvalue weighted by atomic mass is 32.1. The molecule has 0 amide bonds. The van der Waals surface area contributed by atoms with Gasteiger partial charge >= 0.3 is 12.4 Å². The van der Waals surface area contributed by atoms with Crippen LogP contribution in [0.1, 0.15) is 27.8 Å². The maximum Gasteiger partial charge on any atom is 0.416 e. The first-order valence-electron chi connectivity index (χ1n) is 14.7. The largest absolute Gasteiger partial charge is 0.416 e. The maximum absolute atomic E-state index is 14.2. The Labute approximate surface area is 276 Å². The predicted molar refractivity (Wildman–Crippen MR) is 177 cm³/mol. The van der Waals surface area contributed by atoms with Gasteiger partial charge in [-0.25, -0.2) is 4.85 Å². The molecule has 0 fully saturated rings. The van der Waals surface area contributed by atoms with Gasteiger partial charge in [-0.2, -0.15) is 40.4 Å². The van der Waals surface area contributed by atoms with Crippen molar-refractivity contribution in [2.24, 2.45) is 0 Å². The van der Waals surface area contributed by atoms with E-state index in [1.54, 1.807) is 31.2 Å². The van der Waals surface area contributed by atoms with Crippen molar-refractivity contribution in [3.8, 4) is 17.4 Å². The Bertz CT molecular complexity index is 2620. The van der Waals surface area contributed by atoms with Crippen LogP contribution < -0.4 is 0 Å². The number of nitriles is 1. The van der Waals surface area contributed by atoms with Crippen LogP contribution in [0.15, 0.2) is 72.8 Å². The molecular formula is C36H18F6N6S. The summed E-state index contributed by atoms with van der Waals surface area (Å²) in [6, 6.07) is 19.5. The van der Waals surface area contributed by atoms with E-state index in [4.69, 9.17) is 6.57 Å². The molecule has 5 aromatic carbocycles. The Morgan fingerprint density at radius 1 is 0.653 bits per heavy atom. The molecule has 0 N–H and O–H groups in total. The fraction of sp³-hybridized carbons (Fsp3) is 0.111. The molecule has 6 nitrogen and oxygen atoms in total. The summed E-state index contributed by atoms with van der Waals surface area (Å²) in [7, 11) is 0. The summed E-state index contributed by atoms with van der Waals surface area (Å²) >= 11 is 0.744. The van der Waals surface area contributed by atoms with Crippen molar-refractivity contribution in [1.29, 1.82) is 5.26 Å². The predicted octanol–water partition coefficient (Wildman–Crippen LogP) is 11.0. The van der Waals surface area contributed by atoms with Crippen LogP contribution in [0.25, 0.3) is 70.9 Å². The lowest BCUT2D eigenvalue weighted by molar-refractivity contribution is -0.138. The van der Waals surface area contributed by atoms with Crippen LogP contribution in [0, 0.1) is 31.8 Å². The molecule has 0 radical (unpaired) electrons. The first kappa shape index (κ1) is 30.4. The summed E-state index contributed by atoms with van der Waals surface area (Å²) in [5.74, 6) is 0. The lowest BCUT2D eigenvalue weighted by Gasteiger charge is -2.21. The van der Waals surface area contributed by atoms with Gasteiger partial charge in [-0.15, -0.1) is 0 Å². The molecule has 3 heterocycles. The zero-order chi connectivity index (χ0) is 34.6. The van der Waals surface area contributed by atoms with Crippen LogP contribution in [0.2, 0.25) is 0 Å². The van der Waals surface area contributed by atoms with E-state index in [-0.39, 0.29) is 44.7 Å². The number of benzene rings is 5. The van der Waals surface area contributed by atoms with Gasteiger partial charge in [0.1, 0.15) is 22.7 Å². The first-order valence-corrected chi connectivity index (χ1v) is 15.4. The second kappa shape index (κ2) is 10.3. The molecule has 240 valence electrons. The Balaban J connectivity index is 1.69. The number of hydrogen-bond donors (Lipinski definition) is 0. The Hall–Kier alpha value is -5.92. The first-order chi connectivity index (χ1) is 23.3. The maximum atomic E-state index is 14.2. The average molecular weight is 681 g/mol. The minimum absolute atomic E-state index is 0.00339. The summed E-state index contributed by atoms with van der Waals surface area (Å²) in [5, 5.41) is 12.8. The third-order valence-electron chi connectivity index (χ3n) is 8.81. The van der Waals surface area contributed by atoms with Crippen LogP contribution in [0.3, 0.4) is 0 Å². The van der Waals surface area contributed by atoms with Gasteiger partial charge in [0.25, 0.3) is 0 Å². The van der Waals surface area contributed by atoms with Crippen LogP contribution in [0.4, 0.5) is 32.0 Å². The molecule has 0 bridgehead atoms. The molecule has 13 heteroatoms. The zero-order valence-corrected chi connectivity index (χ0v) is 26.1. The number of rotatable bonds is 2. The third kappa shape index (κ3) is 4.39. The van der Waals surface area contributed by atoms with E-state index in [2.05, 4.69) is 19.7 Å². The highest BCUT2D eigenvalue weighted by Crippen LogP contribution is 2.48. The van der Waals surface area contributed by atoms with Gasteiger partial charge in [0.05, 0.1) is 62.9 Å². The summed E-state index contributed by atoms with van der Waals surface area (Å²) in [5.41, 5.74) is 0.552. The third-order valence-corrected chi connectivity index (χ3v) is 9.33. The van der Waals surface area contributed by atoms with Gasteiger partial charge in [-0.1, -0.05) is 36.4 Å². The normalized spacial score (nSPS) is 12.4. The molecule has 0 saturated carbocycles. The minimum Gasteiger partial charge on any atom is -0.317 e. The molecule has 0 atom stereocenters. The standard InChI is InChI=1S/C36H18F6N6S/c1-17-4-8-21-23-10-6-19(35(37,38)39)14-28(23)47(26(21)12-17)33-25(16-43)30-31(46-49-45-30)32(44-3)34(33)48-27-13-18(2)5-9-22(27)24-11-7-20(15-29(24)48)36(40,41)42/h4-15H,1-2H3. The van der Waals surface area contributed by atoms with E-state index < -0.39 is 23.5 Å². The van der Waals surface area contributed by atoms with Crippen LogP contribution >= 0.6 is 11.7 Å². The second-order valence-corrected chi connectivity index (χ2v) is 12.3. The van der Waals surface area contributed by atoms with Gasteiger partial charge in [0, 0.05) is 21.5 Å². The lowest BCUT2D eigenvalue weighted by atomic mass is 10.1. The number of hydrogen-bond acceptors (Lipinski definition) is 4. The van der Waals surface area contributed by atoms with E-state index in [0.29, 0.717) is 32.6 Å². The molecule has 8 aromatic rings. The topological polar surface area (TPSA) is 63.8 Å². The number of alkyl halides is 6. The molecule has 0 aliphatic rings. The molecule has 8 rings (SSSR count). The molecule has 3 aromatic heterocycles. The minimum atomic E-state index is -4.71. The molecule has 0 aliphatic heterocycles. The fourth-order valence-electron chi connectivity index (χ4n) is 6.70. The smallest absolute Gasteiger partial charge is 0.317 e. The van der Waals surface area contributed by atoms with Crippen molar-refractivity contribution in [1.82, 2.24) is 17.9 Å². The molecule has 0 unspecified atom stereocenters. The molecule has 0 spiro atoms. The highest BCUT2D eigenvalue weighted by molar-refractivity contribution is 7.00. The zero-order valence-electron chi connectivity index (χ0n) is 25.3. The SMILES string of the molecule is [C-]#[N+]c1c(-n2c3cc(C)ccc3c3ccc(C(F)(F)F)cc32)c(-n2c3cc(C)ccc3c3ccc(C(F)(F)F)cc32)c(C#N)c2nsnc12. The van der Waals surface area contributed by atoms with E-state index in [1.165, 1.54) is 21.3 Å². The lowest BCUT2D eigenvalue weighted by Crippen LogP contribution is -2.09. The summed E-state index contributed by atoms with van der Waals surface area (Å²) in [6.45, 7) is 12.0. The molecular weight excluding hydrogens is 662 g/mol. The van der Waals surface area contributed by atoms with Gasteiger partial charge < -0.3 is 9.13 Å². The number of aromatic nitrogens is 4. The molecule has 0 saturated heterocycles. The molecule has 0 aliphatic carbocycles. The van der Waals surface area contributed by atoms with Crippen molar-refractivity contribution in [2.45, 2.75) is 26.2 Å². The number of nitrogens with zero attached hydrogens (tertiary/aromatic N) is 6. The number of halogens is 6. The van der Waals surface area contributed by atoms with Crippen LogP contribution in [0.5, 0.6) is 0 Å². The second-order valence-electron chi connectivity index (χ2n) is 11.8. The summed E-state index contributed by atoms with van der Waals surface area (Å²) in [6.07, 6.45) is -9.43. The number of fused-ring (bicyclic) bond motifs is 7. The summed E-state index contributed by atoms with van der Waals surface area (Å²) < 4.78 is 96.9. The van der Waals surface area contributed by atoms with Crippen LogP contribution in [-0.2, 0) is 12.4 Å². The van der Waals surface area contributed by atoms with Crippen molar-refractivity contribution >= 4 is 72.1 Å². The van der Waals surface area contributed by atoms with Crippen molar-refractivity contribution in [3.63, 3.8) is 0 Å². The van der Waals surface area contributed by atoms with E-state index in [0.717, 1.165) is 47.1 Å². The molecule has 49 heavy (non-hydrogen) atoms. The summed E-state index contributed by atoms with van der Waals surface area (Å²) in [4.78, 5) is 3.82. The highest BCUT2D eigenvalue weighted by Gasteiger charge is 2.35. The Morgan fingerprint density at radius 3 is 1.53 bits per heavy atom. The van der Waals surface area contributed by atoms with Crippen molar-refractivity contribution in [3.05, 3.63) is 112 Å². The van der Waals surface area contributed by atoms with Gasteiger partial charge in [0.2, 0.25) is 5.69 Å². The monoisotopic (exact) mass is 680 g/mol. The van der Waals surface area contributed by atoms with Gasteiger partial charge in [-0.05, 0) is 61.4 Å². The van der Waals surface area contributed by atoms with Gasteiger partial charge in [-0.3, -0.25) is 0 Å². The van der Waals surface area contributed by atoms with Crippen LogP contribution in [-0.4, -0.2) is 17.9 Å². The fourth-order valence-corrected chi connectivity index (χ4v) is 7.25. The Kier molecular flexibility index (Phi) is 6.39. The number of aryl methyl sites for hydroxylation is 2. The van der Waals surface area contributed by atoms with Gasteiger partial charge in [0.15, 0.2) is 0 Å². The van der Waals surface area contributed by atoms with Crippen molar-refractivity contribution < 1.29 is 26.3 Å². The van der Waals surface area contributed by atoms with E-state index in [1.807, 2.05) is 19.1 Å². The van der Waals surface area contributed by atoms with E-state index >= 15 is 0 Å². The van der Waals surface area contributed by atoms with Crippen molar-refractivity contribution in [2.75, 3.05) is 0 Å². The Morgan fingerprint density at radius 2 is 1.08 bits per heavy atom. The van der Waals surface area contributed by atoms with E-state index in [9.17, 15) is 31.6 Å². The quantitative estimate of drug-likeness (QED) is 0.135.